The van der Waals surface area contributed by atoms with Gasteiger partial charge in [0.15, 0.2) is 0 Å². The Balaban J connectivity index is 1.41. The van der Waals surface area contributed by atoms with Crippen LogP contribution in [0, 0.1) is 11.8 Å². The van der Waals surface area contributed by atoms with Crippen molar-refractivity contribution in [3.8, 4) is 0 Å². The van der Waals surface area contributed by atoms with Crippen molar-refractivity contribution in [2.75, 3.05) is 39.8 Å². The van der Waals surface area contributed by atoms with Gasteiger partial charge < -0.3 is 0 Å². The van der Waals surface area contributed by atoms with Crippen molar-refractivity contribution in [2.24, 2.45) is 11.8 Å². The fraction of sp³-hybridized carbons (Fsp3) is 0.789. The third-order valence-electron chi connectivity index (χ3n) is 6.33. The fourth-order valence-corrected chi connectivity index (χ4v) is 4.74. The van der Waals surface area contributed by atoms with Gasteiger partial charge in [-0.2, -0.15) is 0 Å². The summed E-state index contributed by atoms with van der Waals surface area (Å²) < 4.78 is 0. The molecule has 4 rings (SSSR count). The van der Waals surface area contributed by atoms with Crippen LogP contribution in [0.3, 0.4) is 0 Å². The standard InChI is InChI=1S/C19H31N3/c1-15-13-22(12-11-21(15)14-16-7-8-16)19-9-10-20(2)18-6-4-3-5-17(18)19/h3-6,15-19H,7-14H2,1-2H3. The smallest absolute Gasteiger partial charge is 0.0356 e. The maximum absolute atomic E-state index is 2.81. The minimum atomic E-state index is 0.614. The molecule has 2 heterocycles. The van der Waals surface area contributed by atoms with Gasteiger partial charge in [-0.15, -0.1) is 0 Å². The number of likely N-dealkylation sites (tertiary alicyclic amines) is 1. The number of allylic oxidation sites excluding steroid dienone is 2. The molecule has 1 saturated carbocycles. The molecule has 3 fully saturated rings. The van der Waals surface area contributed by atoms with E-state index in [2.05, 4.69) is 53.0 Å². The second-order valence-corrected chi connectivity index (χ2v) is 7.96. The average Bonchev–Trinajstić information content (AvgIpc) is 3.34. The summed E-state index contributed by atoms with van der Waals surface area (Å²) in [4.78, 5) is 8.09. The molecule has 0 spiro atoms. The van der Waals surface area contributed by atoms with Crippen LogP contribution in [0.2, 0.25) is 0 Å². The summed E-state index contributed by atoms with van der Waals surface area (Å²) in [7, 11) is 2.29. The van der Waals surface area contributed by atoms with Gasteiger partial charge in [-0.1, -0.05) is 24.3 Å². The SMILES string of the molecule is CC1CN(C2CCN(C)C3C=CC=CC32)CCN1CC1CC1. The summed E-state index contributed by atoms with van der Waals surface area (Å²) in [5.41, 5.74) is 0. The summed E-state index contributed by atoms with van der Waals surface area (Å²) >= 11 is 0. The summed E-state index contributed by atoms with van der Waals surface area (Å²) in [6, 6.07) is 2.09. The normalized spacial score (nSPS) is 40.8. The van der Waals surface area contributed by atoms with E-state index in [1.807, 2.05) is 0 Å². The molecular weight excluding hydrogens is 270 g/mol. The Hall–Kier alpha value is -0.640. The van der Waals surface area contributed by atoms with Crippen molar-refractivity contribution < 1.29 is 0 Å². The number of hydrogen-bond donors (Lipinski definition) is 0. The zero-order chi connectivity index (χ0) is 15.1. The lowest BCUT2D eigenvalue weighted by Crippen LogP contribution is -2.60. The van der Waals surface area contributed by atoms with Gasteiger partial charge in [-0.25, -0.2) is 0 Å². The van der Waals surface area contributed by atoms with Crippen LogP contribution in [-0.4, -0.2) is 72.6 Å². The number of piperazine rings is 1. The summed E-state index contributed by atoms with van der Waals surface area (Å²) in [5.74, 6) is 1.71. The lowest BCUT2D eigenvalue weighted by molar-refractivity contribution is 0.00482. The molecule has 0 aromatic carbocycles. The highest BCUT2D eigenvalue weighted by molar-refractivity contribution is 5.21. The number of likely N-dealkylation sites (N-methyl/N-ethyl adjacent to an activating group) is 1. The molecule has 4 atom stereocenters. The molecule has 4 unspecified atom stereocenters. The van der Waals surface area contributed by atoms with Crippen LogP contribution in [-0.2, 0) is 0 Å². The van der Waals surface area contributed by atoms with Crippen molar-refractivity contribution in [3.63, 3.8) is 0 Å². The van der Waals surface area contributed by atoms with E-state index in [0.29, 0.717) is 12.0 Å². The molecule has 0 bridgehead atoms. The molecule has 0 aromatic rings. The maximum atomic E-state index is 2.81. The van der Waals surface area contributed by atoms with Gasteiger partial charge in [0.2, 0.25) is 0 Å². The van der Waals surface area contributed by atoms with Crippen molar-refractivity contribution >= 4 is 0 Å². The third kappa shape index (κ3) is 2.91. The zero-order valence-electron chi connectivity index (χ0n) is 14.2. The predicted octanol–water partition coefficient (Wildman–Crippen LogP) is 2.22. The van der Waals surface area contributed by atoms with Gasteiger partial charge in [0.1, 0.15) is 0 Å². The van der Waals surface area contributed by atoms with Crippen LogP contribution in [0.15, 0.2) is 24.3 Å². The van der Waals surface area contributed by atoms with Crippen LogP contribution in [0.4, 0.5) is 0 Å². The minimum Gasteiger partial charge on any atom is -0.299 e. The Labute approximate surface area is 135 Å². The van der Waals surface area contributed by atoms with E-state index < -0.39 is 0 Å². The number of fused-ring (bicyclic) bond motifs is 1. The predicted molar refractivity (Wildman–Crippen MR) is 91.9 cm³/mol. The second kappa shape index (κ2) is 6.10. The average molecular weight is 301 g/mol. The lowest BCUT2D eigenvalue weighted by atomic mass is 9.81. The quantitative estimate of drug-likeness (QED) is 0.791. The number of nitrogens with zero attached hydrogens (tertiary/aromatic N) is 3. The lowest BCUT2D eigenvalue weighted by Gasteiger charge is -2.50. The monoisotopic (exact) mass is 301 g/mol. The van der Waals surface area contributed by atoms with Crippen molar-refractivity contribution in [2.45, 2.75) is 44.3 Å². The molecule has 4 aliphatic rings. The molecule has 2 aliphatic heterocycles. The number of piperidine rings is 1. The summed E-state index contributed by atoms with van der Waals surface area (Å²) in [5, 5.41) is 0. The first-order chi connectivity index (χ1) is 10.7. The Morgan fingerprint density at radius 1 is 1.00 bits per heavy atom. The molecule has 0 aromatic heterocycles. The highest BCUT2D eigenvalue weighted by Crippen LogP contribution is 2.34. The van der Waals surface area contributed by atoms with E-state index in [-0.39, 0.29) is 0 Å². The molecule has 0 amide bonds. The van der Waals surface area contributed by atoms with E-state index in [0.717, 1.165) is 18.0 Å². The topological polar surface area (TPSA) is 9.72 Å². The van der Waals surface area contributed by atoms with Crippen LogP contribution < -0.4 is 0 Å². The van der Waals surface area contributed by atoms with E-state index in [1.54, 1.807) is 0 Å². The number of hydrogen-bond acceptors (Lipinski definition) is 3. The molecule has 0 radical (unpaired) electrons. The van der Waals surface area contributed by atoms with Gasteiger partial charge in [0, 0.05) is 50.2 Å². The molecule has 3 nitrogen and oxygen atoms in total. The largest absolute Gasteiger partial charge is 0.299 e. The molecule has 2 aliphatic carbocycles. The van der Waals surface area contributed by atoms with Crippen molar-refractivity contribution in [3.05, 3.63) is 24.3 Å². The second-order valence-electron chi connectivity index (χ2n) is 7.96. The first-order valence-electron chi connectivity index (χ1n) is 9.25. The van der Waals surface area contributed by atoms with Gasteiger partial charge >= 0.3 is 0 Å². The van der Waals surface area contributed by atoms with Crippen molar-refractivity contribution in [1.82, 2.24) is 14.7 Å². The van der Waals surface area contributed by atoms with Crippen LogP contribution in [0.5, 0.6) is 0 Å². The van der Waals surface area contributed by atoms with Gasteiger partial charge in [-0.3, -0.25) is 14.7 Å². The van der Waals surface area contributed by atoms with Gasteiger partial charge in [-0.05, 0) is 45.7 Å². The van der Waals surface area contributed by atoms with E-state index >= 15 is 0 Å². The third-order valence-corrected chi connectivity index (χ3v) is 6.33. The Bertz CT molecular complexity index is 454. The van der Waals surface area contributed by atoms with E-state index in [9.17, 15) is 0 Å². The van der Waals surface area contributed by atoms with Crippen LogP contribution >= 0.6 is 0 Å². The highest BCUT2D eigenvalue weighted by atomic mass is 15.3. The Morgan fingerprint density at radius 3 is 2.59 bits per heavy atom. The molecular formula is C19H31N3. The molecule has 122 valence electrons. The zero-order valence-corrected chi connectivity index (χ0v) is 14.2. The molecule has 2 saturated heterocycles. The fourth-order valence-electron chi connectivity index (χ4n) is 4.74. The molecule has 0 N–H and O–H groups in total. The van der Waals surface area contributed by atoms with Gasteiger partial charge in [0.25, 0.3) is 0 Å². The number of rotatable bonds is 3. The van der Waals surface area contributed by atoms with E-state index in [4.69, 9.17) is 0 Å². The summed E-state index contributed by atoms with van der Waals surface area (Å²) in [6.45, 7) is 8.85. The van der Waals surface area contributed by atoms with Crippen molar-refractivity contribution in [1.29, 1.82) is 0 Å². The van der Waals surface area contributed by atoms with Crippen LogP contribution in [0.25, 0.3) is 0 Å². The maximum Gasteiger partial charge on any atom is 0.0356 e. The molecule has 3 heteroatoms. The molecule has 22 heavy (non-hydrogen) atoms. The summed E-state index contributed by atoms with van der Waals surface area (Å²) in [6.07, 6.45) is 13.6. The highest BCUT2D eigenvalue weighted by Gasteiger charge is 2.40. The first-order valence-corrected chi connectivity index (χ1v) is 9.25. The first kappa shape index (κ1) is 14.9. The van der Waals surface area contributed by atoms with E-state index in [1.165, 1.54) is 52.0 Å². The minimum absolute atomic E-state index is 0.614. The van der Waals surface area contributed by atoms with Gasteiger partial charge in [0.05, 0.1) is 0 Å². The Kier molecular flexibility index (Phi) is 4.14. The van der Waals surface area contributed by atoms with Crippen LogP contribution in [0.1, 0.15) is 26.2 Å². The Morgan fingerprint density at radius 2 is 1.82 bits per heavy atom.